The molecule has 2 N–H and O–H groups in total. The molecule has 2 saturated heterocycles. The zero-order chi connectivity index (χ0) is 27.7. The van der Waals surface area contributed by atoms with Gasteiger partial charge in [-0.15, -0.1) is 11.3 Å². The molecule has 0 unspecified atom stereocenters. The van der Waals surface area contributed by atoms with Gasteiger partial charge in [-0.25, -0.2) is 18.6 Å². The number of rotatable bonds is 8. The van der Waals surface area contributed by atoms with Crippen molar-refractivity contribution in [3.8, 4) is 0 Å². The molecule has 208 valence electrons. The number of ether oxygens (including phenoxy) is 2. The number of nitrogens with one attached hydrogen (secondary N) is 1. The lowest BCUT2D eigenvalue weighted by molar-refractivity contribution is -0.141. The van der Waals surface area contributed by atoms with E-state index in [2.05, 4.69) is 20.2 Å². The molecule has 3 aliphatic rings. The van der Waals surface area contributed by atoms with Crippen LogP contribution in [-0.2, 0) is 19.1 Å². The van der Waals surface area contributed by atoms with Crippen molar-refractivity contribution in [2.24, 2.45) is 10.9 Å². The number of fused-ring (bicyclic) bond motifs is 2. The highest BCUT2D eigenvalue weighted by molar-refractivity contribution is 7.11. The summed E-state index contributed by atoms with van der Waals surface area (Å²) in [4.78, 5) is 36.0. The van der Waals surface area contributed by atoms with E-state index in [1.54, 1.807) is 18.5 Å². The van der Waals surface area contributed by atoms with Gasteiger partial charge in [-0.05, 0) is 31.7 Å². The summed E-state index contributed by atoms with van der Waals surface area (Å²) in [7, 11) is 0. The van der Waals surface area contributed by atoms with E-state index in [0.29, 0.717) is 42.6 Å². The van der Waals surface area contributed by atoms with Crippen LogP contribution < -0.4 is 5.32 Å². The number of esters is 1. The van der Waals surface area contributed by atoms with E-state index >= 15 is 0 Å². The van der Waals surface area contributed by atoms with Gasteiger partial charge in [-0.1, -0.05) is 17.7 Å². The third-order valence-corrected chi connectivity index (χ3v) is 8.35. The Morgan fingerprint density at radius 2 is 2.03 bits per heavy atom. The second kappa shape index (κ2) is 11.7. The Hall–Kier alpha value is -2.93. The van der Waals surface area contributed by atoms with Gasteiger partial charge in [0.1, 0.15) is 6.04 Å². The van der Waals surface area contributed by atoms with Gasteiger partial charge in [-0.2, -0.15) is 0 Å². The lowest BCUT2D eigenvalue weighted by Crippen LogP contribution is -2.58. The molecule has 9 nitrogen and oxygen atoms in total. The topological polar surface area (TPSA) is 113 Å². The van der Waals surface area contributed by atoms with E-state index in [1.807, 2.05) is 0 Å². The first-order valence-electron chi connectivity index (χ1n) is 12.6. The van der Waals surface area contributed by atoms with Crippen molar-refractivity contribution in [1.29, 1.82) is 0 Å². The lowest BCUT2D eigenvalue weighted by atomic mass is 9.82. The number of carbonyl (C=O) groups excluding carboxylic acids is 1. The Labute approximate surface area is 232 Å². The Morgan fingerprint density at radius 1 is 1.28 bits per heavy atom. The standard InChI is InChI=1S/C26H27ClF2N4O5S/c1-2-38-26(36)20-18(10-33-14-7-13(9-19(34)35)8-15(33)12-37-11-14)31-24(25-30-5-6-39-25)32-23(20)16-3-4-17(28)22(29)21(16)27/h3-6,13-15,23H,2,7-12H2,1H3,(H,31,32)(H,34,35)/t13-,14+,15-,23-/m0/s1. The average Bonchev–Trinajstić information content (AvgIpc) is 3.42. The quantitative estimate of drug-likeness (QED) is 0.357. The number of aliphatic imine (C=N–C) groups is 1. The van der Waals surface area contributed by atoms with Crippen molar-refractivity contribution in [2.45, 2.75) is 44.3 Å². The molecule has 3 aliphatic heterocycles. The minimum Gasteiger partial charge on any atom is -0.481 e. The molecule has 0 amide bonds. The molecule has 13 heteroatoms. The first-order chi connectivity index (χ1) is 18.8. The fourth-order valence-corrected chi connectivity index (χ4v) is 6.40. The summed E-state index contributed by atoms with van der Waals surface area (Å²) in [6.45, 7) is 2.90. The van der Waals surface area contributed by atoms with Crippen LogP contribution in [0.5, 0.6) is 0 Å². The molecule has 1 aromatic carbocycles. The maximum absolute atomic E-state index is 14.6. The highest BCUT2D eigenvalue weighted by Crippen LogP contribution is 2.40. The summed E-state index contributed by atoms with van der Waals surface area (Å²) in [5.74, 6) is -3.44. The van der Waals surface area contributed by atoms with Crippen LogP contribution >= 0.6 is 22.9 Å². The number of aromatic nitrogens is 1. The summed E-state index contributed by atoms with van der Waals surface area (Å²) >= 11 is 7.59. The molecular weight excluding hydrogens is 554 g/mol. The molecule has 4 atom stereocenters. The number of thiazole rings is 1. The number of benzene rings is 1. The van der Waals surface area contributed by atoms with Crippen LogP contribution in [0.25, 0.3) is 0 Å². The average molecular weight is 581 g/mol. The predicted molar refractivity (Wildman–Crippen MR) is 140 cm³/mol. The lowest BCUT2D eigenvalue weighted by Gasteiger charge is -2.49. The van der Waals surface area contributed by atoms with Gasteiger partial charge >= 0.3 is 11.9 Å². The first kappa shape index (κ1) is 27.6. The van der Waals surface area contributed by atoms with Gasteiger partial charge in [0, 0.05) is 47.9 Å². The number of piperidine rings is 1. The molecule has 0 radical (unpaired) electrons. The molecule has 39 heavy (non-hydrogen) atoms. The van der Waals surface area contributed by atoms with Crippen LogP contribution in [0.1, 0.15) is 42.8 Å². The van der Waals surface area contributed by atoms with E-state index in [9.17, 15) is 23.5 Å². The molecule has 0 aliphatic carbocycles. The molecule has 5 rings (SSSR count). The van der Waals surface area contributed by atoms with Gasteiger partial charge in [0.15, 0.2) is 22.5 Å². The number of halogens is 3. The van der Waals surface area contributed by atoms with Gasteiger partial charge in [0.25, 0.3) is 0 Å². The van der Waals surface area contributed by atoms with E-state index < -0.39 is 34.6 Å². The van der Waals surface area contributed by atoms with Crippen LogP contribution in [0, 0.1) is 17.6 Å². The van der Waals surface area contributed by atoms with Crippen molar-refractivity contribution >= 4 is 40.7 Å². The van der Waals surface area contributed by atoms with Crippen molar-refractivity contribution in [2.75, 3.05) is 26.4 Å². The number of aliphatic carboxylic acids is 1. The molecule has 1 aromatic heterocycles. The smallest absolute Gasteiger partial charge is 0.338 e. The zero-order valence-electron chi connectivity index (χ0n) is 21.0. The Bertz CT molecular complexity index is 1310. The third-order valence-electron chi connectivity index (χ3n) is 7.19. The number of hydrogen-bond acceptors (Lipinski definition) is 9. The van der Waals surface area contributed by atoms with Crippen molar-refractivity contribution in [3.63, 3.8) is 0 Å². The molecule has 0 spiro atoms. The first-order valence-corrected chi connectivity index (χ1v) is 13.9. The van der Waals surface area contributed by atoms with Crippen LogP contribution in [0.15, 0.2) is 40.0 Å². The number of carboxylic acids is 1. The number of amidine groups is 1. The monoisotopic (exact) mass is 580 g/mol. The van der Waals surface area contributed by atoms with E-state index in [0.717, 1.165) is 6.07 Å². The summed E-state index contributed by atoms with van der Waals surface area (Å²) in [5.41, 5.74) is 0.736. The van der Waals surface area contributed by atoms with Gasteiger partial charge < -0.3 is 19.9 Å². The third kappa shape index (κ3) is 5.69. The zero-order valence-corrected chi connectivity index (χ0v) is 22.6. The normalized spacial score (nSPS) is 25.2. The molecule has 2 fully saturated rings. The van der Waals surface area contributed by atoms with Crippen LogP contribution in [0.4, 0.5) is 8.78 Å². The molecule has 2 aromatic rings. The summed E-state index contributed by atoms with van der Waals surface area (Å²) in [6.07, 6.45) is 2.98. The molecule has 0 saturated carbocycles. The second-order valence-electron chi connectivity index (χ2n) is 9.67. The minimum absolute atomic E-state index is 0.0247. The maximum Gasteiger partial charge on any atom is 0.338 e. The SMILES string of the molecule is CCOC(=O)C1=C(CN2[C@@H]3COC[C@H]2C[C@H](CC(=O)O)C3)NC(c2nccs2)=N[C@H]1c1ccc(F)c(F)c1Cl. The molecular formula is C26H27ClF2N4O5S. The van der Waals surface area contributed by atoms with Crippen LogP contribution in [0.3, 0.4) is 0 Å². The van der Waals surface area contributed by atoms with Gasteiger partial charge in [0.05, 0.1) is 30.4 Å². The fraction of sp³-hybridized carbons (Fsp3) is 0.462. The number of nitrogens with zero attached hydrogens (tertiary/aromatic N) is 3. The minimum atomic E-state index is -1.23. The van der Waals surface area contributed by atoms with Crippen LogP contribution in [-0.4, -0.2) is 71.2 Å². The van der Waals surface area contributed by atoms with Crippen molar-refractivity contribution in [3.05, 3.63) is 62.2 Å². The number of hydrogen-bond donors (Lipinski definition) is 2. The maximum atomic E-state index is 14.6. The number of carbonyl (C=O) groups is 2. The van der Waals surface area contributed by atoms with E-state index in [-0.39, 0.29) is 48.7 Å². The number of morpholine rings is 1. The summed E-state index contributed by atoms with van der Waals surface area (Å²) in [6, 6.07) is 1.06. The highest BCUT2D eigenvalue weighted by atomic mass is 35.5. The fourth-order valence-electron chi connectivity index (χ4n) is 5.55. The molecule has 2 bridgehead atoms. The molecule has 4 heterocycles. The van der Waals surface area contributed by atoms with Crippen molar-refractivity contribution in [1.82, 2.24) is 15.2 Å². The Kier molecular flexibility index (Phi) is 8.27. The van der Waals surface area contributed by atoms with Crippen molar-refractivity contribution < 1.29 is 33.0 Å². The summed E-state index contributed by atoms with van der Waals surface area (Å²) < 4.78 is 39.7. The highest BCUT2D eigenvalue weighted by Gasteiger charge is 2.42. The number of carboxylic acid groups (broad SMARTS) is 1. The largest absolute Gasteiger partial charge is 0.481 e. The van der Waals surface area contributed by atoms with E-state index in [1.165, 1.54) is 17.4 Å². The van der Waals surface area contributed by atoms with E-state index in [4.69, 9.17) is 21.1 Å². The predicted octanol–water partition coefficient (Wildman–Crippen LogP) is 3.94. The van der Waals surface area contributed by atoms with Gasteiger partial charge in [0.2, 0.25) is 0 Å². The van der Waals surface area contributed by atoms with Gasteiger partial charge in [-0.3, -0.25) is 14.7 Å². The second-order valence-corrected chi connectivity index (χ2v) is 10.9. The summed E-state index contributed by atoms with van der Waals surface area (Å²) in [5, 5.41) is 14.4. The Morgan fingerprint density at radius 3 is 2.67 bits per heavy atom. The Balaban J connectivity index is 1.58. The van der Waals surface area contributed by atoms with Crippen LogP contribution in [0.2, 0.25) is 5.02 Å².